The maximum atomic E-state index is 4.55. The number of rotatable bonds is 3. The number of nitrogens with zero attached hydrogens (tertiary/aromatic N) is 2. The largest absolute Gasteiger partial charge is 0.255 e. The number of pyridine rings is 2. The Bertz CT molecular complexity index is 747. The van der Waals surface area contributed by atoms with Crippen molar-refractivity contribution >= 4 is 59.2 Å². The van der Waals surface area contributed by atoms with Gasteiger partial charge in [-0.25, -0.2) is 0 Å². The number of hydrogen-bond acceptors (Lipinski definition) is 6. The molecule has 2 aromatic rings. The molecule has 6 heteroatoms. The van der Waals surface area contributed by atoms with Gasteiger partial charge in [0.05, 0.1) is 11.4 Å². The molecule has 0 bridgehead atoms. The van der Waals surface area contributed by atoms with Crippen LogP contribution >= 0.6 is 47.0 Å². The fourth-order valence-corrected chi connectivity index (χ4v) is 7.55. The Morgan fingerprint density at radius 3 is 1.50 bits per heavy atom. The van der Waals surface area contributed by atoms with Crippen molar-refractivity contribution in [1.29, 1.82) is 0 Å². The van der Waals surface area contributed by atoms with Gasteiger partial charge in [-0.3, -0.25) is 9.97 Å². The van der Waals surface area contributed by atoms with Gasteiger partial charge in [0.2, 0.25) is 0 Å². The Balaban J connectivity index is 1.57. The molecule has 0 unspecified atom stereocenters. The molecular formula is C20H20N2S4. The predicted molar refractivity (Wildman–Crippen MR) is 122 cm³/mol. The zero-order chi connectivity index (χ0) is 17.6. The minimum atomic E-state index is 0.939. The van der Waals surface area contributed by atoms with E-state index in [1.807, 2.05) is 59.4 Å². The Morgan fingerprint density at radius 2 is 1.08 bits per heavy atom. The molecule has 2 aliphatic heterocycles. The van der Waals surface area contributed by atoms with Gasteiger partial charge in [0.25, 0.3) is 0 Å². The van der Waals surface area contributed by atoms with Crippen LogP contribution in [-0.2, 0) is 0 Å². The van der Waals surface area contributed by atoms with Crippen LogP contribution in [-0.4, -0.2) is 33.0 Å². The molecule has 0 saturated carbocycles. The van der Waals surface area contributed by atoms with E-state index in [0.29, 0.717) is 0 Å². The molecule has 2 saturated heterocycles. The summed E-state index contributed by atoms with van der Waals surface area (Å²) in [5.41, 5.74) is 4.29. The van der Waals surface area contributed by atoms with Gasteiger partial charge >= 0.3 is 0 Å². The Morgan fingerprint density at radius 1 is 0.654 bits per heavy atom. The highest BCUT2D eigenvalue weighted by molar-refractivity contribution is 8.23. The van der Waals surface area contributed by atoms with Crippen molar-refractivity contribution < 1.29 is 0 Å². The van der Waals surface area contributed by atoms with Crippen molar-refractivity contribution in [3.05, 3.63) is 56.3 Å². The summed E-state index contributed by atoms with van der Waals surface area (Å²) >= 11 is 7.83. The monoisotopic (exact) mass is 416 g/mol. The van der Waals surface area contributed by atoms with Crippen LogP contribution in [0.5, 0.6) is 0 Å². The van der Waals surface area contributed by atoms with E-state index >= 15 is 0 Å². The van der Waals surface area contributed by atoms with E-state index in [9.17, 15) is 0 Å². The lowest BCUT2D eigenvalue weighted by atomic mass is 10.1. The highest BCUT2D eigenvalue weighted by atomic mass is 32.2. The maximum absolute atomic E-state index is 4.55. The molecule has 2 aromatic heterocycles. The average molecular weight is 417 g/mol. The standard InChI is InChI=1S/C20H20N2S4/c1-7-23-19(24-8-1)13-15-3-5-21-17(11-15)18-12-16(4-6-22-18)14-20-25-9-2-10-26-20/h3-6,11-14H,1-2,7-10H2. The van der Waals surface area contributed by atoms with Crippen molar-refractivity contribution in [3.8, 4) is 11.4 Å². The van der Waals surface area contributed by atoms with E-state index in [4.69, 9.17) is 0 Å². The molecule has 0 spiro atoms. The highest BCUT2D eigenvalue weighted by Crippen LogP contribution is 2.37. The second-order valence-corrected chi connectivity index (χ2v) is 11.0. The van der Waals surface area contributed by atoms with Crippen LogP contribution in [0.25, 0.3) is 23.5 Å². The SMILES string of the molecule is C(=C1SCCCS1)c1ccnc(-c2cc(C=C3SCCCS3)ccn2)c1. The highest BCUT2D eigenvalue weighted by Gasteiger charge is 2.09. The van der Waals surface area contributed by atoms with E-state index in [-0.39, 0.29) is 0 Å². The number of aromatic nitrogens is 2. The summed E-state index contributed by atoms with van der Waals surface area (Å²) in [4.78, 5) is 9.11. The van der Waals surface area contributed by atoms with E-state index in [0.717, 1.165) is 11.4 Å². The van der Waals surface area contributed by atoms with Crippen molar-refractivity contribution in [2.24, 2.45) is 0 Å². The molecule has 0 atom stereocenters. The number of hydrogen-bond donors (Lipinski definition) is 0. The van der Waals surface area contributed by atoms with Crippen LogP contribution in [0.1, 0.15) is 24.0 Å². The smallest absolute Gasteiger partial charge is 0.0892 e. The molecular weight excluding hydrogens is 397 g/mol. The van der Waals surface area contributed by atoms with E-state index < -0.39 is 0 Å². The lowest BCUT2D eigenvalue weighted by molar-refractivity contribution is 1.12. The van der Waals surface area contributed by atoms with Crippen molar-refractivity contribution in [3.63, 3.8) is 0 Å². The van der Waals surface area contributed by atoms with Crippen LogP contribution in [0.15, 0.2) is 45.1 Å². The third-order valence-electron chi connectivity index (χ3n) is 3.95. The molecule has 2 fully saturated rings. The molecule has 2 aliphatic rings. The van der Waals surface area contributed by atoms with Crippen LogP contribution in [0.4, 0.5) is 0 Å². The summed E-state index contributed by atoms with van der Waals surface area (Å²) in [6.07, 6.45) is 10.9. The minimum Gasteiger partial charge on any atom is -0.255 e. The fourth-order valence-electron chi connectivity index (χ4n) is 2.68. The van der Waals surface area contributed by atoms with Gasteiger partial charge in [0.1, 0.15) is 0 Å². The van der Waals surface area contributed by atoms with Crippen LogP contribution in [0, 0.1) is 0 Å². The molecule has 0 aromatic carbocycles. The first kappa shape index (κ1) is 18.5. The van der Waals surface area contributed by atoms with Crippen LogP contribution in [0.3, 0.4) is 0 Å². The van der Waals surface area contributed by atoms with Gasteiger partial charge in [0.15, 0.2) is 0 Å². The van der Waals surface area contributed by atoms with E-state index in [1.165, 1.54) is 55.5 Å². The van der Waals surface area contributed by atoms with Gasteiger partial charge in [-0.15, -0.1) is 47.0 Å². The quantitative estimate of drug-likeness (QED) is 0.568. The Hall–Kier alpha value is -0.820. The molecule has 0 amide bonds. The summed E-state index contributed by atoms with van der Waals surface area (Å²) in [5, 5.41) is 0. The van der Waals surface area contributed by atoms with Crippen molar-refractivity contribution in [2.75, 3.05) is 23.0 Å². The second kappa shape index (κ2) is 9.40. The third-order valence-corrected chi connectivity index (χ3v) is 8.95. The van der Waals surface area contributed by atoms with Crippen molar-refractivity contribution in [2.45, 2.75) is 12.8 Å². The fraction of sp³-hybridized carbons (Fsp3) is 0.300. The van der Waals surface area contributed by atoms with Gasteiger partial charge in [-0.1, -0.05) is 0 Å². The summed E-state index contributed by atoms with van der Waals surface area (Å²) in [6.45, 7) is 0. The lowest BCUT2D eigenvalue weighted by Gasteiger charge is -2.13. The summed E-state index contributed by atoms with van der Waals surface area (Å²) in [7, 11) is 0. The van der Waals surface area contributed by atoms with Crippen LogP contribution in [0.2, 0.25) is 0 Å². The summed E-state index contributed by atoms with van der Waals surface area (Å²) < 4.78 is 2.82. The van der Waals surface area contributed by atoms with E-state index in [1.54, 1.807) is 0 Å². The molecule has 26 heavy (non-hydrogen) atoms. The predicted octanol–water partition coefficient (Wildman–Crippen LogP) is 6.48. The first-order chi connectivity index (χ1) is 12.9. The molecule has 0 N–H and O–H groups in total. The van der Waals surface area contributed by atoms with Crippen molar-refractivity contribution in [1.82, 2.24) is 9.97 Å². The maximum Gasteiger partial charge on any atom is 0.0892 e. The number of thioether (sulfide) groups is 4. The third kappa shape index (κ3) is 5.12. The molecule has 2 nitrogen and oxygen atoms in total. The molecule has 134 valence electrons. The molecule has 4 rings (SSSR count). The molecule has 0 radical (unpaired) electrons. The molecule has 4 heterocycles. The zero-order valence-corrected chi connectivity index (χ0v) is 17.7. The lowest BCUT2D eigenvalue weighted by Crippen LogP contribution is -1.93. The van der Waals surface area contributed by atoms with Gasteiger partial charge in [-0.05, 0) is 83.4 Å². The van der Waals surface area contributed by atoms with Crippen LogP contribution < -0.4 is 0 Å². The zero-order valence-electron chi connectivity index (χ0n) is 14.4. The van der Waals surface area contributed by atoms with Gasteiger partial charge in [0, 0.05) is 20.9 Å². The van der Waals surface area contributed by atoms with Gasteiger partial charge < -0.3 is 0 Å². The normalized spacial score (nSPS) is 17.8. The first-order valence-electron chi connectivity index (χ1n) is 8.74. The average Bonchev–Trinajstić information content (AvgIpc) is 2.70. The summed E-state index contributed by atoms with van der Waals surface area (Å²) in [6, 6.07) is 8.44. The Kier molecular flexibility index (Phi) is 6.70. The topological polar surface area (TPSA) is 25.8 Å². The molecule has 0 aliphatic carbocycles. The minimum absolute atomic E-state index is 0.939. The van der Waals surface area contributed by atoms with Gasteiger partial charge in [-0.2, -0.15) is 0 Å². The summed E-state index contributed by atoms with van der Waals surface area (Å²) in [5.74, 6) is 4.91. The second-order valence-electron chi connectivity index (χ2n) is 5.98. The van der Waals surface area contributed by atoms with E-state index in [2.05, 4.69) is 46.4 Å². The first-order valence-corrected chi connectivity index (χ1v) is 12.7. The Labute approximate surface area is 172 Å².